The molecular formula is C6H10NNaO3. The molecule has 0 atom stereocenters. The van der Waals surface area contributed by atoms with Crippen LogP contribution in [-0.4, -0.2) is 59.1 Å². The van der Waals surface area contributed by atoms with Crippen molar-refractivity contribution in [3.05, 3.63) is 0 Å². The number of likely N-dealkylation sites (N-methyl/N-ethyl adjacent to an activating group) is 1. The molecule has 4 nitrogen and oxygen atoms in total. The molecule has 0 aromatic rings. The van der Waals surface area contributed by atoms with Crippen molar-refractivity contribution in [2.45, 2.75) is 19.4 Å². The zero-order chi connectivity index (χ0) is 7.94. The van der Waals surface area contributed by atoms with Gasteiger partial charge in [-0.05, 0) is 13.8 Å². The van der Waals surface area contributed by atoms with Crippen molar-refractivity contribution in [3.8, 4) is 0 Å². The third kappa shape index (κ3) is 1.75. The Morgan fingerprint density at radius 1 is 1.36 bits per heavy atom. The Labute approximate surface area is 87.2 Å². The summed E-state index contributed by atoms with van der Waals surface area (Å²) in [5, 5.41) is 0. The Kier molecular flexibility index (Phi) is 3.11. The van der Waals surface area contributed by atoms with E-state index < -0.39 is 11.7 Å². The van der Waals surface area contributed by atoms with Crippen molar-refractivity contribution in [2.75, 3.05) is 7.05 Å². The van der Waals surface area contributed by atoms with Crippen LogP contribution in [0.3, 0.4) is 0 Å². The number of rotatable bonds is 0. The van der Waals surface area contributed by atoms with Crippen LogP contribution in [-0.2, 0) is 9.53 Å². The van der Waals surface area contributed by atoms with E-state index >= 15 is 0 Å². The summed E-state index contributed by atoms with van der Waals surface area (Å²) in [5.74, 6) is -0.294. The summed E-state index contributed by atoms with van der Waals surface area (Å²) >= 11 is 0. The van der Waals surface area contributed by atoms with Crippen LogP contribution >= 0.6 is 0 Å². The number of hydrogen-bond acceptors (Lipinski definition) is 3. The average Bonchev–Trinajstić information content (AvgIpc) is 1.95. The van der Waals surface area contributed by atoms with E-state index in [1.165, 1.54) is 7.05 Å². The van der Waals surface area contributed by atoms with Gasteiger partial charge in [-0.2, -0.15) is 0 Å². The zero-order valence-corrected chi connectivity index (χ0v) is 6.17. The number of carbonyl (C=O) groups excluding carboxylic acids is 2. The van der Waals surface area contributed by atoms with Gasteiger partial charge in [-0.15, -0.1) is 0 Å². The molecule has 58 valence electrons. The summed E-state index contributed by atoms with van der Waals surface area (Å²) in [6.45, 7) is 3.13. The Morgan fingerprint density at radius 3 is 1.91 bits per heavy atom. The number of amides is 2. The van der Waals surface area contributed by atoms with Crippen LogP contribution in [0.1, 0.15) is 13.8 Å². The summed E-state index contributed by atoms with van der Waals surface area (Å²) in [4.78, 5) is 22.7. The van der Waals surface area contributed by atoms with Crippen molar-refractivity contribution in [3.63, 3.8) is 0 Å². The topological polar surface area (TPSA) is 46.6 Å². The molecule has 2 amide bonds. The van der Waals surface area contributed by atoms with Crippen molar-refractivity contribution >= 4 is 41.6 Å². The quantitative estimate of drug-likeness (QED) is 0.466. The van der Waals surface area contributed by atoms with Gasteiger partial charge in [0, 0.05) is 7.05 Å². The molecule has 1 rings (SSSR count). The fourth-order valence-electron chi connectivity index (χ4n) is 0.817. The molecule has 1 fully saturated rings. The summed E-state index contributed by atoms with van der Waals surface area (Å²) in [6.07, 6.45) is -0.574. The van der Waals surface area contributed by atoms with E-state index in [0.717, 1.165) is 4.90 Å². The van der Waals surface area contributed by atoms with E-state index in [4.69, 9.17) is 4.74 Å². The maximum atomic E-state index is 11.0. The first kappa shape index (κ1) is 10.9. The number of ether oxygens (including phenoxy) is 1. The van der Waals surface area contributed by atoms with Gasteiger partial charge in [0.1, 0.15) is 0 Å². The summed E-state index contributed by atoms with van der Waals surface area (Å²) in [5.41, 5.74) is -0.966. The van der Waals surface area contributed by atoms with Gasteiger partial charge >= 0.3 is 35.7 Å². The van der Waals surface area contributed by atoms with Crippen molar-refractivity contribution in [1.29, 1.82) is 0 Å². The van der Waals surface area contributed by atoms with Crippen LogP contribution in [0.5, 0.6) is 0 Å². The van der Waals surface area contributed by atoms with Gasteiger partial charge in [-0.1, -0.05) is 0 Å². The first-order chi connectivity index (χ1) is 4.45. The molecule has 0 radical (unpaired) electrons. The molecule has 1 heterocycles. The normalized spacial score (nSPS) is 21.2. The summed E-state index contributed by atoms with van der Waals surface area (Å²) in [6, 6.07) is 0. The van der Waals surface area contributed by atoms with Crippen LogP contribution < -0.4 is 0 Å². The second kappa shape index (κ2) is 3.13. The van der Waals surface area contributed by atoms with Gasteiger partial charge in [-0.3, -0.25) is 4.79 Å². The van der Waals surface area contributed by atoms with Gasteiger partial charge in [-0.25, -0.2) is 9.69 Å². The molecular weight excluding hydrogens is 157 g/mol. The SMILES string of the molecule is CN1C(=O)OC(C)(C)C1=O.[NaH]. The van der Waals surface area contributed by atoms with E-state index in [-0.39, 0.29) is 35.5 Å². The molecule has 1 aliphatic heterocycles. The molecule has 0 aromatic heterocycles. The zero-order valence-electron chi connectivity index (χ0n) is 6.17. The molecule has 0 N–H and O–H groups in total. The number of carbonyl (C=O) groups is 2. The fraction of sp³-hybridized carbons (Fsp3) is 0.667. The minimum atomic E-state index is -0.966. The first-order valence-corrected chi connectivity index (χ1v) is 2.96. The fourth-order valence-corrected chi connectivity index (χ4v) is 0.817. The third-order valence-electron chi connectivity index (χ3n) is 1.44. The molecule has 1 aliphatic rings. The molecule has 0 saturated carbocycles. The van der Waals surface area contributed by atoms with Gasteiger partial charge in [0.2, 0.25) is 0 Å². The van der Waals surface area contributed by atoms with Gasteiger partial charge in [0.25, 0.3) is 5.91 Å². The van der Waals surface area contributed by atoms with E-state index in [1.807, 2.05) is 0 Å². The van der Waals surface area contributed by atoms with Gasteiger partial charge in [0.15, 0.2) is 5.60 Å². The molecule has 0 bridgehead atoms. The van der Waals surface area contributed by atoms with Crippen molar-refractivity contribution < 1.29 is 14.3 Å². The summed E-state index contributed by atoms with van der Waals surface area (Å²) < 4.78 is 4.71. The Bertz CT molecular complexity index is 202. The third-order valence-corrected chi connectivity index (χ3v) is 1.44. The van der Waals surface area contributed by atoms with Crippen LogP contribution in [0.2, 0.25) is 0 Å². The monoisotopic (exact) mass is 167 g/mol. The predicted octanol–water partition coefficient (Wildman–Crippen LogP) is -0.275. The molecule has 0 unspecified atom stereocenters. The molecule has 0 aliphatic carbocycles. The number of imide groups is 1. The predicted molar refractivity (Wildman–Crippen MR) is 40.5 cm³/mol. The molecule has 0 spiro atoms. The van der Waals surface area contributed by atoms with Crippen LogP contribution in [0.4, 0.5) is 4.79 Å². The molecule has 11 heavy (non-hydrogen) atoms. The van der Waals surface area contributed by atoms with Crippen molar-refractivity contribution in [2.24, 2.45) is 0 Å². The molecule has 1 saturated heterocycles. The first-order valence-electron chi connectivity index (χ1n) is 2.96. The van der Waals surface area contributed by atoms with E-state index in [0.29, 0.717) is 0 Å². The number of cyclic esters (lactones) is 1. The standard InChI is InChI=1S/C6H9NO3.Na.H/c1-6(2)4(8)7(3)5(9)10-6;;/h1-3H3;;. The second-order valence-corrected chi connectivity index (χ2v) is 2.74. The van der Waals surface area contributed by atoms with E-state index in [2.05, 4.69) is 0 Å². The van der Waals surface area contributed by atoms with E-state index in [1.54, 1.807) is 13.8 Å². The number of hydrogen-bond donors (Lipinski definition) is 0. The second-order valence-electron chi connectivity index (χ2n) is 2.74. The average molecular weight is 167 g/mol. The Hall–Kier alpha value is -0.0600. The van der Waals surface area contributed by atoms with Crippen LogP contribution in [0.15, 0.2) is 0 Å². The van der Waals surface area contributed by atoms with Gasteiger partial charge in [0.05, 0.1) is 0 Å². The van der Waals surface area contributed by atoms with Crippen molar-refractivity contribution in [1.82, 2.24) is 4.90 Å². The molecule has 0 aromatic carbocycles. The summed E-state index contributed by atoms with van der Waals surface area (Å²) in [7, 11) is 1.40. The Morgan fingerprint density at radius 2 is 1.82 bits per heavy atom. The maximum absolute atomic E-state index is 11.0. The Balaban J connectivity index is 0.000001000. The van der Waals surface area contributed by atoms with Crippen LogP contribution in [0, 0.1) is 0 Å². The van der Waals surface area contributed by atoms with Gasteiger partial charge < -0.3 is 4.74 Å². The van der Waals surface area contributed by atoms with Crippen LogP contribution in [0.25, 0.3) is 0 Å². The number of nitrogens with zero attached hydrogens (tertiary/aromatic N) is 1. The van der Waals surface area contributed by atoms with E-state index in [9.17, 15) is 9.59 Å². The molecule has 5 heteroatoms. The minimum absolute atomic E-state index is 0.